The SMILES string of the molecule is NNC(=O)c1ccccc1.O.O.O.O.O.O. The van der Waals surface area contributed by atoms with Crippen LogP contribution in [0.4, 0.5) is 0 Å². The number of nitrogens with one attached hydrogen (secondary N) is 1. The molecule has 1 amide bonds. The summed E-state index contributed by atoms with van der Waals surface area (Å²) in [6.07, 6.45) is 0. The van der Waals surface area contributed by atoms with Gasteiger partial charge in [0, 0.05) is 5.56 Å². The zero-order chi connectivity index (χ0) is 7.40. The summed E-state index contributed by atoms with van der Waals surface area (Å²) in [5.41, 5.74) is 2.62. The van der Waals surface area contributed by atoms with Crippen LogP contribution < -0.4 is 11.3 Å². The predicted molar refractivity (Wildman–Crippen MR) is 59.8 cm³/mol. The quantitative estimate of drug-likeness (QED) is 0.281. The molecule has 0 atom stereocenters. The Hall–Kier alpha value is -1.59. The number of hydrogen-bond acceptors (Lipinski definition) is 2. The van der Waals surface area contributed by atoms with Gasteiger partial charge in [0.15, 0.2) is 0 Å². The van der Waals surface area contributed by atoms with Crippen LogP contribution >= 0.6 is 0 Å². The van der Waals surface area contributed by atoms with Gasteiger partial charge in [-0.05, 0) is 12.1 Å². The second-order valence-electron chi connectivity index (χ2n) is 1.84. The molecule has 0 saturated heterocycles. The fourth-order valence-electron chi connectivity index (χ4n) is 0.673. The monoisotopic (exact) mass is 244 g/mol. The minimum Gasteiger partial charge on any atom is -0.412 e. The average molecular weight is 244 g/mol. The Morgan fingerprint density at radius 1 is 0.875 bits per heavy atom. The molecule has 0 saturated carbocycles. The molecule has 16 heavy (non-hydrogen) atoms. The molecule has 1 aromatic carbocycles. The molecule has 0 aromatic heterocycles. The first-order valence-electron chi connectivity index (χ1n) is 2.90. The van der Waals surface area contributed by atoms with E-state index < -0.39 is 0 Å². The highest BCUT2D eigenvalue weighted by Crippen LogP contribution is 1.95. The second-order valence-corrected chi connectivity index (χ2v) is 1.84. The molecule has 100 valence electrons. The highest BCUT2D eigenvalue weighted by Gasteiger charge is 1.98. The third-order valence-electron chi connectivity index (χ3n) is 1.17. The van der Waals surface area contributed by atoms with Crippen LogP contribution in [-0.4, -0.2) is 38.8 Å². The van der Waals surface area contributed by atoms with E-state index in [1.165, 1.54) is 0 Å². The van der Waals surface area contributed by atoms with Crippen molar-refractivity contribution >= 4 is 5.91 Å². The lowest BCUT2D eigenvalue weighted by Crippen LogP contribution is -2.29. The van der Waals surface area contributed by atoms with Crippen LogP contribution in [0.3, 0.4) is 0 Å². The standard InChI is InChI=1S/C7H8N2O.6H2O/c8-9-7(10)6-4-2-1-3-5-6;;;;;;/h1-5H,8H2,(H,9,10);6*1H2. The number of hydrogen-bond donors (Lipinski definition) is 2. The summed E-state index contributed by atoms with van der Waals surface area (Å²) in [5.74, 6) is 4.64. The fraction of sp³-hybridized carbons (Fsp3) is 0. The molecule has 9 heteroatoms. The number of amides is 1. The van der Waals surface area contributed by atoms with E-state index in [1.54, 1.807) is 24.3 Å². The van der Waals surface area contributed by atoms with E-state index in [9.17, 15) is 4.79 Å². The van der Waals surface area contributed by atoms with Crippen molar-refractivity contribution in [2.24, 2.45) is 5.84 Å². The molecular formula is C7H20N2O7. The molecule has 9 nitrogen and oxygen atoms in total. The van der Waals surface area contributed by atoms with E-state index in [-0.39, 0.29) is 38.8 Å². The van der Waals surface area contributed by atoms with Gasteiger partial charge in [-0.15, -0.1) is 0 Å². The highest BCUT2D eigenvalue weighted by molar-refractivity contribution is 5.93. The Labute approximate surface area is 91.7 Å². The Bertz CT molecular complexity index is 231. The van der Waals surface area contributed by atoms with Crippen LogP contribution in [0.15, 0.2) is 30.3 Å². The molecule has 0 aliphatic rings. The minimum absolute atomic E-state index is 0. The van der Waals surface area contributed by atoms with Crippen molar-refractivity contribution in [3.8, 4) is 0 Å². The van der Waals surface area contributed by atoms with E-state index in [2.05, 4.69) is 0 Å². The summed E-state index contributed by atoms with van der Waals surface area (Å²) < 4.78 is 0. The molecule has 0 spiro atoms. The van der Waals surface area contributed by atoms with Crippen molar-refractivity contribution in [3.63, 3.8) is 0 Å². The van der Waals surface area contributed by atoms with Gasteiger partial charge in [0.2, 0.25) is 0 Å². The van der Waals surface area contributed by atoms with Crippen LogP contribution in [0, 0.1) is 0 Å². The van der Waals surface area contributed by atoms with Crippen molar-refractivity contribution in [2.45, 2.75) is 0 Å². The molecule has 0 heterocycles. The van der Waals surface area contributed by atoms with E-state index in [0.717, 1.165) is 0 Å². The van der Waals surface area contributed by atoms with Crippen LogP contribution in [0.25, 0.3) is 0 Å². The number of nitrogen functional groups attached to an aromatic ring is 1. The van der Waals surface area contributed by atoms with Crippen molar-refractivity contribution < 1.29 is 37.7 Å². The summed E-state index contributed by atoms with van der Waals surface area (Å²) in [7, 11) is 0. The smallest absolute Gasteiger partial charge is 0.265 e. The van der Waals surface area contributed by atoms with Crippen molar-refractivity contribution in [1.29, 1.82) is 0 Å². The van der Waals surface area contributed by atoms with Gasteiger partial charge in [0.05, 0.1) is 0 Å². The van der Waals surface area contributed by atoms with Gasteiger partial charge in [-0.1, -0.05) is 18.2 Å². The summed E-state index contributed by atoms with van der Waals surface area (Å²) in [6, 6.07) is 8.80. The van der Waals surface area contributed by atoms with Crippen LogP contribution in [0.1, 0.15) is 10.4 Å². The summed E-state index contributed by atoms with van der Waals surface area (Å²) in [4.78, 5) is 10.8. The largest absolute Gasteiger partial charge is 0.412 e. The molecule has 1 rings (SSSR count). The zero-order valence-electron chi connectivity index (χ0n) is 8.37. The molecule has 0 bridgehead atoms. The maximum Gasteiger partial charge on any atom is 0.265 e. The normalized spacial score (nSPS) is 5.56. The molecule has 0 aliphatic carbocycles. The first-order valence-corrected chi connectivity index (χ1v) is 2.90. The molecule has 0 aliphatic heterocycles. The lowest BCUT2D eigenvalue weighted by Gasteiger charge is -1.95. The first-order chi connectivity index (χ1) is 4.84. The number of carbonyl (C=O) groups excluding carboxylic acids is 1. The van der Waals surface area contributed by atoms with E-state index in [4.69, 9.17) is 5.84 Å². The Kier molecular flexibility index (Phi) is 43.6. The fourth-order valence-corrected chi connectivity index (χ4v) is 0.673. The molecule has 0 unspecified atom stereocenters. The molecular weight excluding hydrogens is 224 g/mol. The van der Waals surface area contributed by atoms with Gasteiger partial charge in [-0.3, -0.25) is 10.2 Å². The summed E-state index contributed by atoms with van der Waals surface area (Å²) in [6.45, 7) is 0. The third kappa shape index (κ3) is 10.5. The highest BCUT2D eigenvalue weighted by atomic mass is 16.2. The number of hydrazine groups is 1. The lowest BCUT2D eigenvalue weighted by atomic mass is 10.2. The first kappa shape index (κ1) is 36.6. The van der Waals surface area contributed by atoms with Gasteiger partial charge in [-0.2, -0.15) is 0 Å². The summed E-state index contributed by atoms with van der Waals surface area (Å²) >= 11 is 0. The van der Waals surface area contributed by atoms with E-state index >= 15 is 0 Å². The van der Waals surface area contributed by atoms with Crippen molar-refractivity contribution in [2.75, 3.05) is 0 Å². The van der Waals surface area contributed by atoms with Crippen molar-refractivity contribution in [3.05, 3.63) is 35.9 Å². The predicted octanol–water partition coefficient (Wildman–Crippen LogP) is -4.66. The number of nitrogens with two attached hydrogens (primary N) is 1. The Morgan fingerprint density at radius 2 is 1.25 bits per heavy atom. The van der Waals surface area contributed by atoms with Gasteiger partial charge in [0.25, 0.3) is 5.91 Å². The van der Waals surface area contributed by atoms with Gasteiger partial charge >= 0.3 is 0 Å². The number of rotatable bonds is 1. The molecule has 0 radical (unpaired) electrons. The van der Waals surface area contributed by atoms with E-state index in [0.29, 0.717) is 5.56 Å². The molecule has 15 N–H and O–H groups in total. The maximum absolute atomic E-state index is 10.8. The van der Waals surface area contributed by atoms with Gasteiger partial charge in [-0.25, -0.2) is 5.84 Å². The van der Waals surface area contributed by atoms with Crippen molar-refractivity contribution in [1.82, 2.24) is 5.43 Å². The summed E-state index contributed by atoms with van der Waals surface area (Å²) in [5, 5.41) is 0. The van der Waals surface area contributed by atoms with Crippen LogP contribution in [-0.2, 0) is 0 Å². The number of benzene rings is 1. The maximum atomic E-state index is 10.8. The number of carbonyl (C=O) groups is 1. The molecule has 1 aromatic rings. The lowest BCUT2D eigenvalue weighted by molar-refractivity contribution is 0.0953. The molecule has 0 fully saturated rings. The van der Waals surface area contributed by atoms with Gasteiger partial charge in [0.1, 0.15) is 0 Å². The van der Waals surface area contributed by atoms with Crippen LogP contribution in [0.2, 0.25) is 0 Å². The van der Waals surface area contributed by atoms with E-state index in [1.807, 2.05) is 11.5 Å². The van der Waals surface area contributed by atoms with Gasteiger partial charge < -0.3 is 32.9 Å². The third-order valence-corrected chi connectivity index (χ3v) is 1.17. The zero-order valence-corrected chi connectivity index (χ0v) is 8.37. The minimum atomic E-state index is -0.263. The topological polar surface area (TPSA) is 244 Å². The van der Waals surface area contributed by atoms with Crippen LogP contribution in [0.5, 0.6) is 0 Å². The average Bonchev–Trinajstić information content (AvgIpc) is 2.05. The Balaban J connectivity index is -0.0000000417. The second kappa shape index (κ2) is 19.1. The Morgan fingerprint density at radius 3 is 1.56 bits per heavy atom.